The Morgan fingerprint density at radius 3 is 1.32 bits per heavy atom. The lowest BCUT2D eigenvalue weighted by Crippen LogP contribution is -2.43. The van der Waals surface area contributed by atoms with Crippen LogP contribution in [0.5, 0.6) is 0 Å². The van der Waals surface area contributed by atoms with E-state index in [-0.39, 0.29) is 0 Å². The van der Waals surface area contributed by atoms with Gasteiger partial charge >= 0.3 is 0 Å². The van der Waals surface area contributed by atoms with E-state index in [2.05, 4.69) is 217 Å². The molecule has 0 bridgehead atoms. The van der Waals surface area contributed by atoms with E-state index in [4.69, 9.17) is 0 Å². The van der Waals surface area contributed by atoms with Crippen LogP contribution >= 0.6 is 0 Å². The summed E-state index contributed by atoms with van der Waals surface area (Å²) in [6, 6.07) is 79.8. The largest absolute Gasteiger partial charge is 0.309 e. The molecule has 0 fully saturated rings. The molecule has 57 heavy (non-hydrogen) atoms. The third-order valence-corrected chi connectivity index (χ3v) is 13.5. The highest BCUT2D eigenvalue weighted by molar-refractivity contribution is 6.18. The molecule has 10 aromatic rings. The predicted molar refractivity (Wildman–Crippen MR) is 234 cm³/mol. The van der Waals surface area contributed by atoms with Gasteiger partial charge in [0.25, 0.3) is 0 Å². The van der Waals surface area contributed by atoms with Gasteiger partial charge in [0, 0.05) is 16.5 Å². The van der Waals surface area contributed by atoms with Crippen molar-refractivity contribution in [2.45, 2.75) is 10.8 Å². The lowest BCUT2D eigenvalue weighted by atomic mass is 9.52. The monoisotopic (exact) mass is 721 g/mol. The molecule has 1 heteroatoms. The first-order valence-corrected chi connectivity index (χ1v) is 20.0. The van der Waals surface area contributed by atoms with Crippen molar-refractivity contribution >= 4 is 21.8 Å². The van der Waals surface area contributed by atoms with Crippen molar-refractivity contribution in [2.75, 3.05) is 0 Å². The Morgan fingerprint density at radius 2 is 0.719 bits per heavy atom. The van der Waals surface area contributed by atoms with Gasteiger partial charge in [0.15, 0.2) is 0 Å². The number of aromatic nitrogens is 1. The number of para-hydroxylation sites is 1. The number of fused-ring (bicyclic) bond motifs is 20. The summed E-state index contributed by atoms with van der Waals surface area (Å²) in [6.45, 7) is 0. The average Bonchev–Trinajstić information content (AvgIpc) is 3.89. The van der Waals surface area contributed by atoms with Gasteiger partial charge in [-0.2, -0.15) is 0 Å². The summed E-state index contributed by atoms with van der Waals surface area (Å²) < 4.78 is 2.47. The number of nitrogens with zero attached hydrogens (tertiary/aromatic N) is 1. The normalized spacial score (nSPS) is 14.6. The van der Waals surface area contributed by atoms with Gasteiger partial charge in [-0.3, -0.25) is 0 Å². The maximum atomic E-state index is 2.47. The molecular weight excluding hydrogens is 687 g/mol. The number of hydrogen-bond donors (Lipinski definition) is 0. The zero-order valence-corrected chi connectivity index (χ0v) is 31.2. The molecule has 0 unspecified atom stereocenters. The van der Waals surface area contributed by atoms with E-state index in [0.29, 0.717) is 0 Å². The number of hydrogen-bond acceptors (Lipinski definition) is 0. The predicted octanol–water partition coefficient (Wildman–Crippen LogP) is 13.5. The summed E-state index contributed by atoms with van der Waals surface area (Å²) in [5.74, 6) is 0. The Balaban J connectivity index is 1.14. The quantitative estimate of drug-likeness (QED) is 0.167. The van der Waals surface area contributed by atoms with E-state index in [9.17, 15) is 0 Å². The fourth-order valence-corrected chi connectivity index (χ4v) is 11.5. The Morgan fingerprint density at radius 1 is 0.281 bits per heavy atom. The Labute approximate surface area is 331 Å². The number of rotatable bonds is 2. The molecule has 9 aromatic carbocycles. The molecule has 0 aliphatic heterocycles. The van der Waals surface area contributed by atoms with Crippen LogP contribution < -0.4 is 0 Å². The van der Waals surface area contributed by atoms with Crippen LogP contribution in [0.25, 0.3) is 60.9 Å². The van der Waals surface area contributed by atoms with Crippen molar-refractivity contribution in [1.82, 2.24) is 4.57 Å². The van der Waals surface area contributed by atoms with Crippen LogP contribution in [0.3, 0.4) is 0 Å². The molecule has 264 valence electrons. The van der Waals surface area contributed by atoms with Gasteiger partial charge in [-0.1, -0.05) is 188 Å². The van der Waals surface area contributed by atoms with Crippen molar-refractivity contribution in [1.29, 1.82) is 0 Å². The van der Waals surface area contributed by atoms with Crippen molar-refractivity contribution in [3.63, 3.8) is 0 Å². The van der Waals surface area contributed by atoms with Gasteiger partial charge in [-0.05, 0) is 102 Å². The van der Waals surface area contributed by atoms with E-state index >= 15 is 0 Å². The third-order valence-electron chi connectivity index (χ3n) is 13.5. The molecule has 3 aliphatic rings. The van der Waals surface area contributed by atoms with Crippen LogP contribution in [0, 0.1) is 0 Å². The van der Waals surface area contributed by atoms with Gasteiger partial charge in [0.05, 0.1) is 21.9 Å². The molecule has 0 saturated heterocycles. The second-order valence-corrected chi connectivity index (χ2v) is 15.9. The zero-order chi connectivity index (χ0) is 37.3. The van der Waals surface area contributed by atoms with Crippen LogP contribution in [0.2, 0.25) is 0 Å². The molecule has 13 rings (SSSR count). The minimum Gasteiger partial charge on any atom is -0.309 e. The van der Waals surface area contributed by atoms with E-state index in [0.717, 1.165) is 5.69 Å². The molecule has 1 aromatic heterocycles. The van der Waals surface area contributed by atoms with E-state index in [1.807, 2.05) is 0 Å². The molecule has 2 spiro atoms. The van der Waals surface area contributed by atoms with Gasteiger partial charge in [0.2, 0.25) is 0 Å². The lowest BCUT2D eigenvalue weighted by Gasteiger charge is -2.48. The minimum absolute atomic E-state index is 0.449. The van der Waals surface area contributed by atoms with E-state index in [1.165, 1.54) is 99.7 Å². The van der Waals surface area contributed by atoms with Gasteiger partial charge < -0.3 is 4.57 Å². The molecule has 0 atom stereocenters. The molecule has 1 nitrogen and oxygen atoms in total. The summed E-state index contributed by atoms with van der Waals surface area (Å²) in [4.78, 5) is 0. The van der Waals surface area contributed by atoms with E-state index < -0.39 is 10.8 Å². The van der Waals surface area contributed by atoms with Crippen molar-refractivity contribution < 1.29 is 0 Å². The van der Waals surface area contributed by atoms with E-state index in [1.54, 1.807) is 0 Å². The summed E-state index contributed by atoms with van der Waals surface area (Å²) >= 11 is 0. The minimum atomic E-state index is -0.522. The van der Waals surface area contributed by atoms with Crippen molar-refractivity contribution in [3.05, 3.63) is 257 Å². The lowest BCUT2D eigenvalue weighted by molar-refractivity contribution is 0.633. The average molecular weight is 722 g/mol. The first kappa shape index (κ1) is 31.0. The maximum absolute atomic E-state index is 2.47. The fourth-order valence-electron chi connectivity index (χ4n) is 11.5. The SMILES string of the molecule is c1ccc(-c2ccc(-n3c4ccccc4c4c5c(ccc43)C3(c4ccccc4-5)c4ccccc4C4(c5ccccc5-c5ccccc54)c4ccccc43)cc2)cc1. The van der Waals surface area contributed by atoms with Crippen LogP contribution in [0.4, 0.5) is 0 Å². The van der Waals surface area contributed by atoms with Crippen molar-refractivity contribution in [3.8, 4) is 39.1 Å². The second-order valence-electron chi connectivity index (χ2n) is 15.9. The highest BCUT2D eigenvalue weighted by Crippen LogP contribution is 2.68. The Hall–Kier alpha value is -7.22. The second kappa shape index (κ2) is 11.2. The summed E-state index contributed by atoms with van der Waals surface area (Å²) in [5, 5.41) is 2.59. The molecule has 0 saturated carbocycles. The van der Waals surface area contributed by atoms with Crippen LogP contribution in [-0.4, -0.2) is 4.57 Å². The zero-order valence-electron chi connectivity index (χ0n) is 31.2. The van der Waals surface area contributed by atoms with Crippen molar-refractivity contribution in [2.24, 2.45) is 0 Å². The first-order chi connectivity index (χ1) is 28.3. The molecule has 0 amide bonds. The summed E-state index contributed by atoms with van der Waals surface area (Å²) in [6.07, 6.45) is 0. The van der Waals surface area contributed by atoms with Crippen LogP contribution in [0.15, 0.2) is 212 Å². The highest BCUT2D eigenvalue weighted by atomic mass is 15.0. The van der Waals surface area contributed by atoms with Gasteiger partial charge in [-0.25, -0.2) is 0 Å². The maximum Gasteiger partial charge on any atom is 0.0720 e. The Kier molecular flexibility index (Phi) is 6.09. The topological polar surface area (TPSA) is 4.93 Å². The summed E-state index contributed by atoms with van der Waals surface area (Å²) in [7, 11) is 0. The van der Waals surface area contributed by atoms with Gasteiger partial charge in [-0.15, -0.1) is 0 Å². The number of benzene rings is 9. The molecule has 3 aliphatic carbocycles. The highest BCUT2D eigenvalue weighted by Gasteiger charge is 2.59. The van der Waals surface area contributed by atoms with Gasteiger partial charge in [0.1, 0.15) is 0 Å². The molecular formula is C56H35N. The smallest absolute Gasteiger partial charge is 0.0720 e. The molecule has 0 radical (unpaired) electrons. The standard InChI is InChI=1S/C56H35N/c1-2-16-36(17-3-1)37-30-32-38(33-31-37)57-51-29-15-7-21-42(51)54-52(57)35-34-50-53(54)41-20-6-10-24-45(41)56(50)48-27-13-11-25-46(48)55(47-26-12-14-28-49(47)56)43-22-8-4-18-39(43)40-19-5-9-23-44(40)55/h1-35H. The van der Waals surface area contributed by atoms with Crippen LogP contribution in [-0.2, 0) is 10.8 Å². The summed E-state index contributed by atoms with van der Waals surface area (Å²) in [5.41, 5.74) is 21.3. The Bertz CT molecular complexity index is 3190. The third kappa shape index (κ3) is 3.70. The molecule has 0 N–H and O–H groups in total. The van der Waals surface area contributed by atoms with Crippen LogP contribution in [0.1, 0.15) is 44.5 Å². The fraction of sp³-hybridized carbons (Fsp3) is 0.0357. The first-order valence-electron chi connectivity index (χ1n) is 20.0. The molecule has 1 heterocycles.